The lowest BCUT2D eigenvalue weighted by Crippen LogP contribution is -2.70. The highest BCUT2D eigenvalue weighted by Crippen LogP contribution is 2.62. The topological polar surface area (TPSA) is 52.6 Å². The molecule has 0 saturated heterocycles. The van der Waals surface area contributed by atoms with Crippen molar-refractivity contribution in [2.45, 2.75) is 91.7 Å². The van der Waals surface area contributed by atoms with E-state index in [0.717, 1.165) is 0 Å². The van der Waals surface area contributed by atoms with E-state index in [2.05, 4.69) is 9.47 Å². The Morgan fingerprint density at radius 3 is 0.750 bits per heavy atom. The molecular formula is C18H8F26O4. The minimum absolute atomic E-state index is 0.0916. The second kappa shape index (κ2) is 12.2. The quantitative estimate of drug-likeness (QED) is 0.131. The molecule has 0 bridgehead atoms. The van der Waals surface area contributed by atoms with Gasteiger partial charge in [0.1, 0.15) is 0 Å². The van der Waals surface area contributed by atoms with Crippen LogP contribution in [0.25, 0.3) is 0 Å². The van der Waals surface area contributed by atoms with Gasteiger partial charge in [-0.1, -0.05) is 6.92 Å². The van der Waals surface area contributed by atoms with Gasteiger partial charge in [0.05, 0.1) is 0 Å². The summed E-state index contributed by atoms with van der Waals surface area (Å²) in [5.41, 5.74) is 0. The molecule has 0 aliphatic heterocycles. The van der Waals surface area contributed by atoms with Gasteiger partial charge in [-0.05, 0) is 5.92 Å². The Morgan fingerprint density at radius 2 is 0.562 bits per heavy atom. The molecule has 0 radical (unpaired) electrons. The molecule has 0 aliphatic carbocycles. The van der Waals surface area contributed by atoms with E-state index in [1.54, 1.807) is 0 Å². The number of hydrogen-bond donors (Lipinski definition) is 0. The number of carbonyl (C=O) groups is 2. The number of halogens is 26. The van der Waals surface area contributed by atoms with Crippen LogP contribution in [0.4, 0.5) is 114 Å². The van der Waals surface area contributed by atoms with Crippen molar-refractivity contribution in [1.82, 2.24) is 0 Å². The van der Waals surface area contributed by atoms with Crippen LogP contribution in [0, 0.1) is 5.92 Å². The zero-order chi connectivity index (χ0) is 39.6. The fourth-order valence-electron chi connectivity index (χ4n) is 2.65. The molecule has 0 aromatic carbocycles. The second-order valence-corrected chi connectivity index (χ2v) is 9.09. The number of alkyl halides is 26. The third-order valence-corrected chi connectivity index (χ3v) is 5.32. The molecule has 48 heavy (non-hydrogen) atoms. The van der Waals surface area contributed by atoms with Gasteiger partial charge in [-0.2, -0.15) is 114 Å². The van der Waals surface area contributed by atoms with Crippen LogP contribution in [0.2, 0.25) is 0 Å². The zero-order valence-corrected chi connectivity index (χ0v) is 21.5. The van der Waals surface area contributed by atoms with E-state index in [0.29, 0.717) is 0 Å². The Hall–Kier alpha value is -2.88. The molecule has 0 spiro atoms. The molecule has 0 aromatic rings. The van der Waals surface area contributed by atoms with Gasteiger partial charge in [0.25, 0.3) is 0 Å². The predicted octanol–water partition coefficient (Wildman–Crippen LogP) is 8.88. The molecule has 0 N–H and O–H groups in total. The third-order valence-electron chi connectivity index (χ3n) is 5.32. The predicted molar refractivity (Wildman–Crippen MR) is 92.2 cm³/mol. The van der Waals surface area contributed by atoms with Crippen LogP contribution in [0.15, 0.2) is 0 Å². The first-order valence-electron chi connectivity index (χ1n) is 10.7. The number of ether oxygens (including phenoxy) is 2. The van der Waals surface area contributed by atoms with E-state index in [-0.39, 0.29) is 6.92 Å². The monoisotopic (exact) mass is 782 g/mol. The summed E-state index contributed by atoms with van der Waals surface area (Å²) in [6.45, 7) is 0.0916. The van der Waals surface area contributed by atoms with E-state index in [9.17, 15) is 124 Å². The first-order valence-corrected chi connectivity index (χ1v) is 10.7. The molecule has 0 heterocycles. The van der Waals surface area contributed by atoms with E-state index < -0.39 is 103 Å². The Labute approximate surface area is 244 Å². The largest absolute Gasteiger partial charge is 0.473 e. The standard InChI is InChI=1S/C18H8F26O4/c1-4(2-5(45)47-17(41,42)13(31,32)9(23,24)7(19,20)11(27,28)15(35,36)37)3-6(46)48-18(43,44)14(33,34)10(25,26)8(21,22)12(29,30)16(38,39)40/h4H,2-3H2,1H3. The molecule has 30 heteroatoms. The zero-order valence-electron chi connectivity index (χ0n) is 21.5. The summed E-state index contributed by atoms with van der Waals surface area (Å²) in [6, 6.07) is 0. The first-order chi connectivity index (χ1) is 20.4. The van der Waals surface area contributed by atoms with Crippen molar-refractivity contribution in [2.24, 2.45) is 5.92 Å². The van der Waals surface area contributed by atoms with Crippen molar-refractivity contribution in [3.05, 3.63) is 0 Å². The summed E-state index contributed by atoms with van der Waals surface area (Å²) in [7, 11) is 0. The molecule has 0 aliphatic rings. The van der Waals surface area contributed by atoms with Gasteiger partial charge < -0.3 is 9.47 Å². The van der Waals surface area contributed by atoms with Gasteiger partial charge in [0, 0.05) is 12.8 Å². The van der Waals surface area contributed by atoms with Crippen molar-refractivity contribution in [3.8, 4) is 0 Å². The maximum absolute atomic E-state index is 13.5. The molecule has 0 amide bonds. The van der Waals surface area contributed by atoms with Gasteiger partial charge in [-0.25, -0.2) is 0 Å². The Balaban J connectivity index is 5.98. The van der Waals surface area contributed by atoms with Crippen molar-refractivity contribution < 1.29 is 133 Å². The number of carbonyl (C=O) groups excluding carboxylic acids is 2. The Morgan fingerprint density at radius 1 is 0.375 bits per heavy atom. The summed E-state index contributed by atoms with van der Waals surface area (Å²) >= 11 is 0. The minimum Gasteiger partial charge on any atom is -0.396 e. The van der Waals surface area contributed by atoms with E-state index in [1.807, 2.05) is 0 Å². The number of esters is 2. The lowest BCUT2D eigenvalue weighted by molar-refractivity contribution is -0.460. The molecule has 0 saturated carbocycles. The summed E-state index contributed by atoms with van der Waals surface area (Å²) in [4.78, 5) is 22.7. The summed E-state index contributed by atoms with van der Waals surface area (Å²) in [5, 5.41) is 0. The van der Waals surface area contributed by atoms with Gasteiger partial charge >= 0.3 is 83.9 Å². The normalized spacial score (nSPS) is 15.9. The highest BCUT2D eigenvalue weighted by molar-refractivity contribution is 5.73. The molecule has 4 nitrogen and oxygen atoms in total. The van der Waals surface area contributed by atoms with Gasteiger partial charge in [0.15, 0.2) is 0 Å². The van der Waals surface area contributed by atoms with Gasteiger partial charge in [-0.3, -0.25) is 9.59 Å². The van der Waals surface area contributed by atoms with E-state index >= 15 is 0 Å². The van der Waals surface area contributed by atoms with Crippen molar-refractivity contribution in [2.75, 3.05) is 0 Å². The lowest BCUT2D eigenvalue weighted by atomic mass is 9.97. The SMILES string of the molecule is CC(CC(=O)OC(F)(F)C(F)(F)C(F)(F)C(F)(F)C(F)(F)C(F)(F)F)CC(=O)OC(F)(F)C(F)(F)C(F)(F)C(F)(F)C(F)(F)C(F)(F)F. The van der Waals surface area contributed by atoms with Crippen LogP contribution in [0.5, 0.6) is 0 Å². The Bertz CT molecular complexity index is 1090. The van der Waals surface area contributed by atoms with Crippen LogP contribution in [-0.4, -0.2) is 83.9 Å². The molecule has 0 unspecified atom stereocenters. The minimum atomic E-state index is -8.47. The number of rotatable bonds is 14. The van der Waals surface area contributed by atoms with Crippen LogP contribution >= 0.6 is 0 Å². The van der Waals surface area contributed by atoms with Gasteiger partial charge in [0.2, 0.25) is 0 Å². The first kappa shape index (κ1) is 45.1. The fourth-order valence-corrected chi connectivity index (χ4v) is 2.65. The van der Waals surface area contributed by atoms with Crippen molar-refractivity contribution >= 4 is 11.9 Å². The maximum atomic E-state index is 13.5. The van der Waals surface area contributed by atoms with Crippen LogP contribution in [0.1, 0.15) is 19.8 Å². The van der Waals surface area contributed by atoms with Crippen LogP contribution < -0.4 is 0 Å². The van der Waals surface area contributed by atoms with Crippen LogP contribution in [0.3, 0.4) is 0 Å². The Kier molecular flexibility index (Phi) is 11.4. The third kappa shape index (κ3) is 6.92. The maximum Gasteiger partial charge on any atom is 0.473 e. The highest BCUT2D eigenvalue weighted by Gasteiger charge is 2.93. The summed E-state index contributed by atoms with van der Waals surface area (Å²) in [5.74, 6) is -75.7. The van der Waals surface area contributed by atoms with Crippen LogP contribution in [-0.2, 0) is 19.1 Å². The molecular weight excluding hydrogens is 774 g/mol. The summed E-state index contributed by atoms with van der Waals surface area (Å²) < 4.78 is 342. The second-order valence-electron chi connectivity index (χ2n) is 9.09. The molecule has 0 aromatic heterocycles. The highest BCUT2D eigenvalue weighted by atomic mass is 19.4. The summed E-state index contributed by atoms with van der Waals surface area (Å²) in [6.07, 6.45) is -35.4. The van der Waals surface area contributed by atoms with Crippen molar-refractivity contribution in [3.63, 3.8) is 0 Å². The van der Waals surface area contributed by atoms with E-state index in [4.69, 9.17) is 0 Å². The van der Waals surface area contributed by atoms with E-state index in [1.165, 1.54) is 0 Å². The molecule has 286 valence electrons. The molecule has 0 rings (SSSR count). The smallest absolute Gasteiger partial charge is 0.396 e. The van der Waals surface area contributed by atoms with Gasteiger partial charge in [-0.15, -0.1) is 0 Å². The fraction of sp³-hybridized carbons (Fsp3) is 0.889. The molecule has 0 fully saturated rings. The number of hydrogen-bond acceptors (Lipinski definition) is 4. The lowest BCUT2D eigenvalue weighted by Gasteiger charge is -2.39. The average Bonchev–Trinajstić information content (AvgIpc) is 2.80. The van der Waals surface area contributed by atoms with Crippen molar-refractivity contribution in [1.29, 1.82) is 0 Å². The molecule has 0 atom stereocenters. The average molecular weight is 782 g/mol.